The van der Waals surface area contributed by atoms with Gasteiger partial charge in [-0.2, -0.15) is 4.74 Å². The lowest BCUT2D eigenvalue weighted by atomic mass is 10.0. The van der Waals surface area contributed by atoms with Gasteiger partial charge in [0, 0.05) is 18.6 Å². The molecule has 30 heavy (non-hydrogen) atoms. The summed E-state index contributed by atoms with van der Waals surface area (Å²) in [5, 5.41) is 16.4. The van der Waals surface area contributed by atoms with Gasteiger partial charge in [-0.1, -0.05) is 36.4 Å². The van der Waals surface area contributed by atoms with Gasteiger partial charge < -0.3 is 24.7 Å². The van der Waals surface area contributed by atoms with E-state index < -0.39 is 6.17 Å². The first-order valence-electron chi connectivity index (χ1n) is 9.70. The van der Waals surface area contributed by atoms with Crippen LogP contribution in [0.5, 0.6) is 17.2 Å². The SMILES string of the molecule is COc1cc2c(cc1OC)C(C)=[N+]([O-])C(c1cccc(OCc3ccccc3)c1)N2. The Kier molecular flexibility index (Phi) is 5.48. The van der Waals surface area contributed by atoms with Crippen molar-refractivity contribution in [3.05, 3.63) is 88.6 Å². The van der Waals surface area contributed by atoms with Gasteiger partial charge in [0.2, 0.25) is 0 Å². The fraction of sp³-hybridized carbons (Fsp3) is 0.208. The molecule has 154 valence electrons. The summed E-state index contributed by atoms with van der Waals surface area (Å²) in [6, 6.07) is 21.2. The molecule has 6 nitrogen and oxygen atoms in total. The number of fused-ring (bicyclic) bond motifs is 1. The predicted molar refractivity (Wildman–Crippen MR) is 117 cm³/mol. The summed E-state index contributed by atoms with van der Waals surface area (Å²) in [6.45, 7) is 2.27. The molecule has 0 bridgehead atoms. The van der Waals surface area contributed by atoms with Crippen molar-refractivity contribution in [2.75, 3.05) is 19.5 Å². The highest BCUT2D eigenvalue weighted by molar-refractivity contribution is 6.02. The zero-order chi connectivity index (χ0) is 21.1. The van der Waals surface area contributed by atoms with Crippen LogP contribution >= 0.6 is 0 Å². The van der Waals surface area contributed by atoms with Crippen molar-refractivity contribution in [3.63, 3.8) is 0 Å². The topological polar surface area (TPSA) is 65.8 Å². The molecule has 3 aromatic rings. The quantitative estimate of drug-likeness (QED) is 0.475. The van der Waals surface area contributed by atoms with E-state index in [0.717, 1.165) is 27.1 Å². The van der Waals surface area contributed by atoms with Gasteiger partial charge in [0.15, 0.2) is 17.2 Å². The van der Waals surface area contributed by atoms with Crippen LogP contribution in [-0.2, 0) is 6.61 Å². The molecule has 0 aliphatic carbocycles. The van der Waals surface area contributed by atoms with Gasteiger partial charge in [-0.3, -0.25) is 0 Å². The lowest BCUT2D eigenvalue weighted by molar-refractivity contribution is -0.501. The highest BCUT2D eigenvalue weighted by Crippen LogP contribution is 2.38. The van der Waals surface area contributed by atoms with Crippen molar-refractivity contribution < 1.29 is 18.9 Å². The molecule has 4 rings (SSSR count). The molecule has 1 aliphatic heterocycles. The molecule has 0 saturated carbocycles. The number of hydrogen-bond acceptors (Lipinski definition) is 5. The number of hydrogen-bond donors (Lipinski definition) is 1. The van der Waals surface area contributed by atoms with E-state index in [2.05, 4.69) is 5.32 Å². The standard InChI is InChI=1S/C24H24N2O4/c1-16-20-13-22(28-2)23(29-3)14-21(20)25-24(26(16)27)18-10-7-11-19(12-18)30-15-17-8-5-4-6-9-17/h4-14,24-25H,15H2,1-3H3. The van der Waals surface area contributed by atoms with Crippen LogP contribution in [0, 0.1) is 5.21 Å². The van der Waals surface area contributed by atoms with Crippen molar-refractivity contribution in [3.8, 4) is 17.2 Å². The Balaban J connectivity index is 1.62. The van der Waals surface area contributed by atoms with Crippen molar-refractivity contribution in [1.29, 1.82) is 0 Å². The van der Waals surface area contributed by atoms with Crippen LogP contribution in [0.25, 0.3) is 0 Å². The molecule has 1 unspecified atom stereocenters. The summed E-state index contributed by atoms with van der Waals surface area (Å²) in [5.41, 5.74) is 4.11. The first-order valence-corrected chi connectivity index (χ1v) is 9.70. The molecular weight excluding hydrogens is 380 g/mol. The van der Waals surface area contributed by atoms with Crippen molar-refractivity contribution in [2.24, 2.45) is 0 Å². The Morgan fingerprint density at radius 2 is 1.67 bits per heavy atom. The van der Waals surface area contributed by atoms with Crippen LogP contribution in [-0.4, -0.2) is 24.7 Å². The second-order valence-corrected chi connectivity index (χ2v) is 7.06. The average molecular weight is 404 g/mol. The Morgan fingerprint density at radius 1 is 0.933 bits per heavy atom. The zero-order valence-corrected chi connectivity index (χ0v) is 17.2. The highest BCUT2D eigenvalue weighted by Gasteiger charge is 2.30. The van der Waals surface area contributed by atoms with Crippen LogP contribution in [0.3, 0.4) is 0 Å². The Hall–Kier alpha value is -3.67. The third kappa shape index (κ3) is 3.76. The maximum atomic E-state index is 13.0. The van der Waals surface area contributed by atoms with Gasteiger partial charge >= 0.3 is 0 Å². The van der Waals surface area contributed by atoms with Crippen LogP contribution < -0.4 is 19.5 Å². The van der Waals surface area contributed by atoms with E-state index in [1.165, 1.54) is 0 Å². The van der Waals surface area contributed by atoms with E-state index in [4.69, 9.17) is 14.2 Å². The van der Waals surface area contributed by atoms with Crippen molar-refractivity contribution in [1.82, 2.24) is 0 Å². The molecule has 1 heterocycles. The number of ether oxygens (including phenoxy) is 3. The predicted octanol–water partition coefficient (Wildman–Crippen LogP) is 4.73. The Bertz CT molecular complexity index is 1080. The van der Waals surface area contributed by atoms with Crippen molar-refractivity contribution >= 4 is 11.4 Å². The van der Waals surface area contributed by atoms with E-state index in [1.54, 1.807) is 21.1 Å². The smallest absolute Gasteiger partial charge is 0.263 e. The molecule has 0 radical (unpaired) electrons. The van der Waals surface area contributed by atoms with E-state index in [1.807, 2.05) is 66.7 Å². The summed E-state index contributed by atoms with van der Waals surface area (Å²) < 4.78 is 17.7. The normalized spacial score (nSPS) is 15.2. The largest absolute Gasteiger partial charge is 0.622 e. The van der Waals surface area contributed by atoms with E-state index in [9.17, 15) is 5.21 Å². The number of nitrogens with zero attached hydrogens (tertiary/aromatic N) is 1. The van der Waals surface area contributed by atoms with E-state index >= 15 is 0 Å². The van der Waals surface area contributed by atoms with Gasteiger partial charge in [0.1, 0.15) is 12.4 Å². The highest BCUT2D eigenvalue weighted by atomic mass is 16.5. The van der Waals surface area contributed by atoms with Crippen LogP contribution in [0.2, 0.25) is 0 Å². The molecule has 0 amide bonds. The third-order valence-corrected chi connectivity index (χ3v) is 5.19. The summed E-state index contributed by atoms with van der Waals surface area (Å²) in [5.74, 6) is 1.90. The van der Waals surface area contributed by atoms with Crippen LogP contribution in [0.1, 0.15) is 29.8 Å². The fourth-order valence-corrected chi connectivity index (χ4v) is 3.55. The average Bonchev–Trinajstić information content (AvgIpc) is 2.80. The van der Waals surface area contributed by atoms with E-state index in [0.29, 0.717) is 29.6 Å². The maximum Gasteiger partial charge on any atom is 0.263 e. The summed E-state index contributed by atoms with van der Waals surface area (Å²) in [4.78, 5) is 0. The molecule has 0 spiro atoms. The van der Waals surface area contributed by atoms with Gasteiger partial charge in [-0.15, -0.1) is 0 Å². The second kappa shape index (κ2) is 8.37. The number of rotatable bonds is 6. The van der Waals surface area contributed by atoms with Gasteiger partial charge in [-0.05, 0) is 29.8 Å². The van der Waals surface area contributed by atoms with Gasteiger partial charge in [0.25, 0.3) is 6.17 Å². The number of nitrogens with one attached hydrogen (secondary N) is 1. The van der Waals surface area contributed by atoms with E-state index in [-0.39, 0.29) is 0 Å². The minimum Gasteiger partial charge on any atom is -0.622 e. The molecule has 1 atom stereocenters. The number of hydroxylamine groups is 1. The number of anilines is 1. The lowest BCUT2D eigenvalue weighted by Gasteiger charge is -2.28. The molecule has 1 N–H and O–H groups in total. The Morgan fingerprint density at radius 3 is 2.40 bits per heavy atom. The summed E-state index contributed by atoms with van der Waals surface area (Å²) >= 11 is 0. The molecular formula is C24H24N2O4. The molecule has 0 fully saturated rings. The first-order chi connectivity index (χ1) is 14.6. The minimum absolute atomic E-state index is 0.467. The van der Waals surface area contributed by atoms with Gasteiger partial charge in [0.05, 0.1) is 25.5 Å². The van der Waals surface area contributed by atoms with Crippen molar-refractivity contribution in [2.45, 2.75) is 19.7 Å². The number of benzene rings is 3. The molecule has 3 aromatic carbocycles. The minimum atomic E-state index is -0.573. The Labute approximate surface area is 175 Å². The third-order valence-electron chi connectivity index (χ3n) is 5.19. The van der Waals surface area contributed by atoms with Crippen LogP contribution in [0.15, 0.2) is 66.7 Å². The zero-order valence-electron chi connectivity index (χ0n) is 17.2. The molecule has 6 heteroatoms. The summed E-state index contributed by atoms with van der Waals surface area (Å²) in [6.07, 6.45) is -0.573. The molecule has 1 aliphatic rings. The molecule has 0 aromatic heterocycles. The van der Waals surface area contributed by atoms with Gasteiger partial charge in [-0.25, -0.2) is 0 Å². The first kappa shape index (κ1) is 19.6. The lowest BCUT2D eigenvalue weighted by Crippen LogP contribution is -2.31. The van der Waals surface area contributed by atoms with Crippen LogP contribution in [0.4, 0.5) is 5.69 Å². The molecule has 0 saturated heterocycles. The fourth-order valence-electron chi connectivity index (χ4n) is 3.55. The number of methoxy groups -OCH3 is 2. The second-order valence-electron chi connectivity index (χ2n) is 7.06. The maximum absolute atomic E-state index is 13.0. The summed E-state index contributed by atoms with van der Waals surface area (Å²) in [7, 11) is 3.17. The monoisotopic (exact) mass is 404 g/mol.